The zero-order valence-corrected chi connectivity index (χ0v) is 13.1. The van der Waals surface area contributed by atoms with Gasteiger partial charge in [0.25, 0.3) is 5.91 Å². The number of furan rings is 1. The SMILES string of the molecule is CCN(CC(C)C(N)=S)C(=O)c1c(C)oc(C)c1C. The summed E-state index contributed by atoms with van der Waals surface area (Å²) in [7, 11) is 0. The highest BCUT2D eigenvalue weighted by Crippen LogP contribution is 2.22. The largest absolute Gasteiger partial charge is 0.466 e. The average Bonchev–Trinajstić information content (AvgIpc) is 2.59. The average molecular weight is 282 g/mol. The van der Waals surface area contributed by atoms with Crippen LogP contribution < -0.4 is 5.73 Å². The number of aryl methyl sites for hydroxylation is 2. The van der Waals surface area contributed by atoms with Gasteiger partial charge in [0.2, 0.25) is 0 Å². The minimum Gasteiger partial charge on any atom is -0.466 e. The van der Waals surface area contributed by atoms with E-state index in [1.807, 2.05) is 34.6 Å². The molecule has 4 nitrogen and oxygen atoms in total. The van der Waals surface area contributed by atoms with Crippen LogP contribution in [0.2, 0.25) is 0 Å². The molecule has 5 heteroatoms. The van der Waals surface area contributed by atoms with Crippen LogP contribution in [0.5, 0.6) is 0 Å². The molecule has 1 amide bonds. The summed E-state index contributed by atoms with van der Waals surface area (Å²) >= 11 is 4.96. The highest BCUT2D eigenvalue weighted by Gasteiger charge is 2.24. The van der Waals surface area contributed by atoms with Crippen molar-refractivity contribution in [1.82, 2.24) is 4.90 Å². The summed E-state index contributed by atoms with van der Waals surface area (Å²) in [5.74, 6) is 1.45. The molecule has 0 aliphatic heterocycles. The van der Waals surface area contributed by atoms with Crippen LogP contribution in [0.3, 0.4) is 0 Å². The number of carbonyl (C=O) groups excluding carboxylic acids is 1. The number of hydrogen-bond donors (Lipinski definition) is 1. The molecule has 1 atom stereocenters. The van der Waals surface area contributed by atoms with Crippen molar-refractivity contribution in [2.45, 2.75) is 34.6 Å². The van der Waals surface area contributed by atoms with Crippen LogP contribution in [-0.4, -0.2) is 28.9 Å². The third-order valence-electron chi connectivity index (χ3n) is 3.42. The molecule has 0 spiro atoms. The molecule has 1 aromatic rings. The van der Waals surface area contributed by atoms with Crippen LogP contribution in [-0.2, 0) is 0 Å². The van der Waals surface area contributed by atoms with Crippen LogP contribution in [0.15, 0.2) is 4.42 Å². The minimum absolute atomic E-state index is 0.00695. The van der Waals surface area contributed by atoms with Crippen molar-refractivity contribution >= 4 is 23.1 Å². The zero-order valence-electron chi connectivity index (χ0n) is 12.2. The van der Waals surface area contributed by atoms with E-state index in [9.17, 15) is 4.79 Å². The van der Waals surface area contributed by atoms with Gasteiger partial charge in [0, 0.05) is 24.6 Å². The molecule has 19 heavy (non-hydrogen) atoms. The summed E-state index contributed by atoms with van der Waals surface area (Å²) in [5, 5.41) is 0. The summed E-state index contributed by atoms with van der Waals surface area (Å²) in [6.07, 6.45) is 0. The zero-order chi connectivity index (χ0) is 14.7. The van der Waals surface area contributed by atoms with Crippen molar-refractivity contribution in [2.75, 3.05) is 13.1 Å². The molecule has 0 aliphatic rings. The monoisotopic (exact) mass is 282 g/mol. The quantitative estimate of drug-likeness (QED) is 0.843. The molecular weight excluding hydrogens is 260 g/mol. The second kappa shape index (κ2) is 6.19. The van der Waals surface area contributed by atoms with E-state index in [1.54, 1.807) is 4.90 Å². The number of hydrogen-bond acceptors (Lipinski definition) is 3. The van der Waals surface area contributed by atoms with Crippen molar-refractivity contribution < 1.29 is 9.21 Å². The van der Waals surface area contributed by atoms with Crippen molar-refractivity contribution in [3.8, 4) is 0 Å². The van der Waals surface area contributed by atoms with Gasteiger partial charge >= 0.3 is 0 Å². The smallest absolute Gasteiger partial charge is 0.257 e. The van der Waals surface area contributed by atoms with Crippen LogP contribution in [0.25, 0.3) is 0 Å². The van der Waals surface area contributed by atoms with Crippen LogP contribution in [0, 0.1) is 26.7 Å². The van der Waals surface area contributed by atoms with Gasteiger partial charge in [-0.15, -0.1) is 0 Å². The van der Waals surface area contributed by atoms with E-state index in [2.05, 4.69) is 0 Å². The van der Waals surface area contributed by atoms with Crippen LogP contribution in [0.1, 0.15) is 41.3 Å². The van der Waals surface area contributed by atoms with E-state index in [4.69, 9.17) is 22.4 Å². The molecule has 0 saturated carbocycles. The third-order valence-corrected chi connectivity index (χ3v) is 3.83. The van der Waals surface area contributed by atoms with Gasteiger partial charge in [-0.25, -0.2) is 0 Å². The lowest BCUT2D eigenvalue weighted by atomic mass is 10.1. The molecule has 0 radical (unpaired) electrons. The number of rotatable bonds is 5. The Labute approximate surface area is 119 Å². The van der Waals surface area contributed by atoms with Gasteiger partial charge in [0.05, 0.1) is 10.6 Å². The molecule has 1 heterocycles. The van der Waals surface area contributed by atoms with Gasteiger partial charge in [0.15, 0.2) is 0 Å². The lowest BCUT2D eigenvalue weighted by Crippen LogP contribution is -2.38. The molecule has 1 unspecified atom stereocenters. The number of amides is 1. The summed E-state index contributed by atoms with van der Waals surface area (Å²) < 4.78 is 5.52. The molecule has 0 aliphatic carbocycles. The molecule has 1 rings (SSSR count). The minimum atomic E-state index is -0.0162. The summed E-state index contributed by atoms with van der Waals surface area (Å²) in [4.78, 5) is 14.8. The van der Waals surface area contributed by atoms with E-state index in [-0.39, 0.29) is 11.8 Å². The fourth-order valence-corrected chi connectivity index (χ4v) is 2.12. The maximum Gasteiger partial charge on any atom is 0.257 e. The summed E-state index contributed by atoms with van der Waals surface area (Å²) in [6.45, 7) is 10.6. The van der Waals surface area contributed by atoms with Gasteiger partial charge in [-0.3, -0.25) is 4.79 Å². The number of carbonyl (C=O) groups is 1. The van der Waals surface area contributed by atoms with E-state index < -0.39 is 0 Å². The van der Waals surface area contributed by atoms with Gasteiger partial charge < -0.3 is 15.1 Å². The first-order valence-corrected chi connectivity index (χ1v) is 6.85. The van der Waals surface area contributed by atoms with Crippen LogP contribution >= 0.6 is 12.2 Å². The highest BCUT2D eigenvalue weighted by atomic mass is 32.1. The van der Waals surface area contributed by atoms with Crippen LogP contribution in [0.4, 0.5) is 0 Å². The lowest BCUT2D eigenvalue weighted by molar-refractivity contribution is 0.0752. The molecule has 0 saturated heterocycles. The van der Waals surface area contributed by atoms with Crippen molar-refractivity contribution in [1.29, 1.82) is 0 Å². The highest BCUT2D eigenvalue weighted by molar-refractivity contribution is 7.80. The summed E-state index contributed by atoms with van der Waals surface area (Å²) in [5.41, 5.74) is 7.18. The lowest BCUT2D eigenvalue weighted by Gasteiger charge is -2.24. The predicted octanol–water partition coefficient (Wildman–Crippen LogP) is 2.59. The number of nitrogens with two attached hydrogens (primary N) is 1. The van der Waals surface area contributed by atoms with Gasteiger partial charge in [-0.05, 0) is 27.7 Å². The molecule has 106 valence electrons. The molecule has 0 fully saturated rings. The predicted molar refractivity (Wildman–Crippen MR) is 80.4 cm³/mol. The van der Waals surface area contributed by atoms with Crippen molar-refractivity contribution in [3.63, 3.8) is 0 Å². The molecule has 0 aromatic carbocycles. The fraction of sp³-hybridized carbons (Fsp3) is 0.571. The molecule has 0 bridgehead atoms. The Balaban J connectivity index is 2.99. The molecule has 1 aromatic heterocycles. The van der Waals surface area contributed by atoms with Crippen molar-refractivity contribution in [3.05, 3.63) is 22.6 Å². The molecular formula is C14H22N2O2S. The second-order valence-corrected chi connectivity index (χ2v) is 5.33. The Bertz CT molecular complexity index is 494. The van der Waals surface area contributed by atoms with E-state index in [0.29, 0.717) is 29.4 Å². The van der Waals surface area contributed by atoms with E-state index >= 15 is 0 Å². The van der Waals surface area contributed by atoms with Gasteiger partial charge in [-0.2, -0.15) is 0 Å². The van der Waals surface area contributed by atoms with E-state index in [0.717, 1.165) is 11.3 Å². The summed E-state index contributed by atoms with van der Waals surface area (Å²) in [6, 6.07) is 0. The Kier molecular flexibility index (Phi) is 5.11. The Morgan fingerprint density at radius 1 is 1.37 bits per heavy atom. The normalized spacial score (nSPS) is 12.3. The Hall–Kier alpha value is -1.36. The van der Waals surface area contributed by atoms with Gasteiger partial charge in [-0.1, -0.05) is 19.1 Å². The Morgan fingerprint density at radius 2 is 1.95 bits per heavy atom. The fourth-order valence-electron chi connectivity index (χ4n) is 2.04. The second-order valence-electron chi connectivity index (χ2n) is 4.86. The topological polar surface area (TPSA) is 59.5 Å². The van der Waals surface area contributed by atoms with E-state index in [1.165, 1.54) is 0 Å². The third kappa shape index (κ3) is 3.35. The number of nitrogens with zero attached hydrogens (tertiary/aromatic N) is 1. The van der Waals surface area contributed by atoms with Gasteiger partial charge in [0.1, 0.15) is 11.5 Å². The Morgan fingerprint density at radius 3 is 2.32 bits per heavy atom. The number of thiocarbonyl (C=S) groups is 1. The molecule has 2 N–H and O–H groups in total. The maximum absolute atomic E-state index is 12.6. The maximum atomic E-state index is 12.6. The standard InChI is InChI=1S/C14H22N2O2S/c1-6-16(7-8(2)13(15)19)14(17)12-9(3)10(4)18-11(12)5/h8H,6-7H2,1-5H3,(H2,15,19). The first-order valence-electron chi connectivity index (χ1n) is 6.44. The van der Waals surface area contributed by atoms with Crippen molar-refractivity contribution in [2.24, 2.45) is 11.7 Å². The first-order chi connectivity index (χ1) is 8.79. The first kappa shape index (κ1) is 15.7.